The second kappa shape index (κ2) is 9.17. The lowest BCUT2D eigenvalue weighted by molar-refractivity contribution is 0.0706. The maximum absolute atomic E-state index is 13.4. The number of hydrogen-bond acceptors (Lipinski definition) is 6. The minimum atomic E-state index is 0.124. The quantitative estimate of drug-likeness (QED) is 0.648. The van der Waals surface area contributed by atoms with E-state index in [4.69, 9.17) is 4.98 Å². The van der Waals surface area contributed by atoms with E-state index in [-0.39, 0.29) is 11.8 Å². The number of likely N-dealkylation sites (tertiary alicyclic amines) is 1. The zero-order chi connectivity index (χ0) is 22.8. The Bertz CT molecular complexity index is 1150. The maximum atomic E-state index is 13.4. The SMILES string of the molecule is Cc1cc(Nc2ncccn2)cc(C2CCCN(C(=O)c3ccc4c(c3)CCCN4C)C2)n1. The Morgan fingerprint density at radius 3 is 2.79 bits per heavy atom. The molecule has 0 spiro atoms. The molecular weight excluding hydrogens is 412 g/mol. The predicted molar refractivity (Wildman–Crippen MR) is 130 cm³/mol. The van der Waals surface area contributed by atoms with Crippen molar-refractivity contribution in [3.8, 4) is 0 Å². The van der Waals surface area contributed by atoms with Crippen LogP contribution in [0.1, 0.15) is 52.5 Å². The number of aryl methyl sites for hydroxylation is 2. The number of piperidine rings is 1. The van der Waals surface area contributed by atoms with E-state index in [9.17, 15) is 4.79 Å². The van der Waals surface area contributed by atoms with Gasteiger partial charge in [-0.15, -0.1) is 0 Å². The van der Waals surface area contributed by atoms with E-state index in [1.165, 1.54) is 11.3 Å². The lowest BCUT2D eigenvalue weighted by atomic mass is 9.93. The Morgan fingerprint density at radius 2 is 1.94 bits per heavy atom. The van der Waals surface area contributed by atoms with Crippen LogP contribution < -0.4 is 10.2 Å². The monoisotopic (exact) mass is 442 g/mol. The van der Waals surface area contributed by atoms with Crippen LogP contribution in [0.3, 0.4) is 0 Å². The van der Waals surface area contributed by atoms with Crippen molar-refractivity contribution in [1.82, 2.24) is 19.9 Å². The molecule has 1 unspecified atom stereocenters. The summed E-state index contributed by atoms with van der Waals surface area (Å²) in [5.74, 6) is 0.899. The molecule has 0 aliphatic carbocycles. The summed E-state index contributed by atoms with van der Waals surface area (Å²) < 4.78 is 0. The molecule has 7 nitrogen and oxygen atoms in total. The van der Waals surface area contributed by atoms with Crippen molar-refractivity contribution in [2.45, 2.75) is 38.5 Å². The lowest BCUT2D eigenvalue weighted by Crippen LogP contribution is -2.39. The van der Waals surface area contributed by atoms with E-state index >= 15 is 0 Å². The molecule has 0 saturated carbocycles. The third kappa shape index (κ3) is 4.67. The van der Waals surface area contributed by atoms with E-state index < -0.39 is 0 Å². The van der Waals surface area contributed by atoms with Crippen LogP contribution in [-0.4, -0.2) is 52.4 Å². The van der Waals surface area contributed by atoms with Gasteiger partial charge in [0.25, 0.3) is 5.91 Å². The number of nitrogens with one attached hydrogen (secondary N) is 1. The molecule has 3 aromatic rings. The molecule has 1 aromatic carbocycles. The lowest BCUT2D eigenvalue weighted by Gasteiger charge is -2.33. The molecule has 1 amide bonds. The van der Waals surface area contributed by atoms with Gasteiger partial charge in [-0.05, 0) is 74.6 Å². The summed E-state index contributed by atoms with van der Waals surface area (Å²) in [5, 5.41) is 3.27. The topological polar surface area (TPSA) is 74.2 Å². The van der Waals surface area contributed by atoms with Crippen molar-refractivity contribution in [2.75, 3.05) is 36.9 Å². The van der Waals surface area contributed by atoms with Gasteiger partial charge < -0.3 is 15.1 Å². The normalized spacial score (nSPS) is 18.1. The average Bonchev–Trinajstić information content (AvgIpc) is 2.84. The number of amides is 1. The molecule has 4 heterocycles. The molecular formula is C26H30N6O. The summed E-state index contributed by atoms with van der Waals surface area (Å²) in [7, 11) is 2.12. The van der Waals surface area contributed by atoms with Crippen molar-refractivity contribution in [3.63, 3.8) is 0 Å². The minimum Gasteiger partial charge on any atom is -0.374 e. The number of fused-ring (bicyclic) bond motifs is 1. The molecule has 7 heteroatoms. The highest BCUT2D eigenvalue weighted by Gasteiger charge is 2.27. The number of hydrogen-bond donors (Lipinski definition) is 1. The van der Waals surface area contributed by atoms with Crippen molar-refractivity contribution in [3.05, 3.63) is 71.3 Å². The Labute approximate surface area is 194 Å². The Morgan fingerprint density at radius 1 is 1.09 bits per heavy atom. The second-order valence-electron chi connectivity index (χ2n) is 9.08. The number of pyridine rings is 1. The number of anilines is 3. The first-order valence-corrected chi connectivity index (χ1v) is 11.7. The zero-order valence-electron chi connectivity index (χ0n) is 19.3. The summed E-state index contributed by atoms with van der Waals surface area (Å²) in [4.78, 5) is 31.0. The number of aromatic nitrogens is 3. The van der Waals surface area contributed by atoms with Gasteiger partial charge in [0.15, 0.2) is 0 Å². The Balaban J connectivity index is 1.33. The van der Waals surface area contributed by atoms with Crippen molar-refractivity contribution >= 4 is 23.2 Å². The first-order valence-electron chi connectivity index (χ1n) is 11.7. The van der Waals surface area contributed by atoms with Crippen LogP contribution in [0, 0.1) is 6.92 Å². The molecule has 1 atom stereocenters. The van der Waals surface area contributed by atoms with Crippen LogP contribution in [0.4, 0.5) is 17.3 Å². The molecule has 1 N–H and O–H groups in total. The number of benzene rings is 1. The van der Waals surface area contributed by atoms with E-state index in [1.807, 2.05) is 24.0 Å². The number of rotatable bonds is 4. The van der Waals surface area contributed by atoms with E-state index in [2.05, 4.69) is 45.4 Å². The van der Waals surface area contributed by atoms with Gasteiger partial charge in [-0.2, -0.15) is 0 Å². The van der Waals surface area contributed by atoms with Gasteiger partial charge in [-0.25, -0.2) is 9.97 Å². The van der Waals surface area contributed by atoms with Gasteiger partial charge in [-0.3, -0.25) is 9.78 Å². The Hall–Kier alpha value is -3.48. The summed E-state index contributed by atoms with van der Waals surface area (Å²) in [6.07, 6.45) is 7.61. The highest BCUT2D eigenvalue weighted by Crippen LogP contribution is 2.31. The zero-order valence-corrected chi connectivity index (χ0v) is 19.3. The molecule has 5 rings (SSSR count). The molecule has 1 saturated heterocycles. The number of nitrogens with zero attached hydrogens (tertiary/aromatic N) is 5. The first kappa shape index (κ1) is 21.4. The van der Waals surface area contributed by atoms with Crippen molar-refractivity contribution in [2.24, 2.45) is 0 Å². The average molecular weight is 443 g/mol. The van der Waals surface area contributed by atoms with Crippen LogP contribution in [0.25, 0.3) is 0 Å². The predicted octanol–water partition coefficient (Wildman–Crippen LogP) is 4.33. The molecule has 2 aromatic heterocycles. The van der Waals surface area contributed by atoms with E-state index in [0.717, 1.165) is 61.4 Å². The number of carbonyl (C=O) groups excluding carboxylic acids is 1. The van der Waals surface area contributed by atoms with Crippen LogP contribution >= 0.6 is 0 Å². The Kier molecular flexibility index (Phi) is 5.94. The van der Waals surface area contributed by atoms with Crippen LogP contribution in [0.5, 0.6) is 0 Å². The van der Waals surface area contributed by atoms with E-state index in [0.29, 0.717) is 12.5 Å². The maximum Gasteiger partial charge on any atom is 0.253 e. The smallest absolute Gasteiger partial charge is 0.253 e. The third-order valence-electron chi connectivity index (χ3n) is 6.60. The van der Waals surface area contributed by atoms with Crippen LogP contribution in [0.2, 0.25) is 0 Å². The molecule has 1 fully saturated rings. The van der Waals surface area contributed by atoms with Crippen molar-refractivity contribution < 1.29 is 4.79 Å². The second-order valence-corrected chi connectivity index (χ2v) is 9.08. The van der Waals surface area contributed by atoms with Crippen LogP contribution in [0.15, 0.2) is 48.8 Å². The first-order chi connectivity index (χ1) is 16.1. The summed E-state index contributed by atoms with van der Waals surface area (Å²) in [6.45, 7) is 4.55. The molecule has 33 heavy (non-hydrogen) atoms. The molecule has 170 valence electrons. The third-order valence-corrected chi connectivity index (χ3v) is 6.60. The summed E-state index contributed by atoms with van der Waals surface area (Å²) in [6, 6.07) is 12.0. The van der Waals surface area contributed by atoms with Gasteiger partial charge in [0.2, 0.25) is 5.95 Å². The molecule has 2 aliphatic rings. The fourth-order valence-corrected chi connectivity index (χ4v) is 4.97. The standard InChI is InChI=1S/C26H30N6O/c1-18-14-22(30-26-27-10-5-11-28-26)16-23(29-18)21-7-4-13-32(17-21)25(33)20-8-9-24-19(15-20)6-3-12-31(24)2/h5,8-11,14-16,21H,3-4,6-7,12-13,17H2,1-2H3,(H,27,28,29,30). The van der Waals surface area contributed by atoms with Gasteiger partial charge in [0.1, 0.15) is 0 Å². The largest absolute Gasteiger partial charge is 0.374 e. The van der Waals surface area contributed by atoms with E-state index in [1.54, 1.807) is 18.5 Å². The fraction of sp³-hybridized carbons (Fsp3) is 0.385. The summed E-state index contributed by atoms with van der Waals surface area (Å²) >= 11 is 0. The highest BCUT2D eigenvalue weighted by molar-refractivity contribution is 5.95. The van der Waals surface area contributed by atoms with Crippen LogP contribution in [-0.2, 0) is 6.42 Å². The highest BCUT2D eigenvalue weighted by atomic mass is 16.2. The molecule has 2 aliphatic heterocycles. The summed E-state index contributed by atoms with van der Waals surface area (Å²) in [5.41, 5.74) is 6.20. The van der Waals surface area contributed by atoms with Gasteiger partial charge in [0.05, 0.1) is 0 Å². The van der Waals surface area contributed by atoms with Gasteiger partial charge in [0, 0.05) is 73.3 Å². The number of carbonyl (C=O) groups is 1. The minimum absolute atomic E-state index is 0.124. The molecule has 0 radical (unpaired) electrons. The van der Waals surface area contributed by atoms with Crippen molar-refractivity contribution in [1.29, 1.82) is 0 Å². The molecule has 0 bridgehead atoms. The fourth-order valence-electron chi connectivity index (χ4n) is 4.97. The van der Waals surface area contributed by atoms with Gasteiger partial charge in [-0.1, -0.05) is 0 Å². The van der Waals surface area contributed by atoms with Gasteiger partial charge >= 0.3 is 0 Å².